The summed E-state index contributed by atoms with van der Waals surface area (Å²) in [6.45, 7) is 4.07. The predicted octanol–water partition coefficient (Wildman–Crippen LogP) is 0.613. The van der Waals surface area contributed by atoms with E-state index in [0.717, 1.165) is 12.7 Å². The van der Waals surface area contributed by atoms with Gasteiger partial charge >= 0.3 is 0 Å². The SMILES string of the molecule is CC(C)(CCC=O)C/C(N)=N/N. The molecule has 0 bridgehead atoms. The summed E-state index contributed by atoms with van der Waals surface area (Å²) < 4.78 is 0. The number of hydrogen-bond acceptors (Lipinski definition) is 3. The van der Waals surface area contributed by atoms with Crippen molar-refractivity contribution in [3.63, 3.8) is 0 Å². The third-order valence-electron chi connectivity index (χ3n) is 1.76. The zero-order valence-corrected chi connectivity index (χ0v) is 7.71. The fourth-order valence-electron chi connectivity index (χ4n) is 1.07. The van der Waals surface area contributed by atoms with Gasteiger partial charge in [-0.25, -0.2) is 0 Å². The normalized spacial score (nSPS) is 13.0. The lowest BCUT2D eigenvalue weighted by molar-refractivity contribution is -0.108. The number of nitrogens with two attached hydrogens (primary N) is 2. The molecule has 0 unspecified atom stereocenters. The molecule has 0 atom stereocenters. The van der Waals surface area contributed by atoms with Crippen LogP contribution in [-0.2, 0) is 4.79 Å². The maximum atomic E-state index is 10.1. The van der Waals surface area contributed by atoms with Crippen molar-refractivity contribution in [2.75, 3.05) is 0 Å². The summed E-state index contributed by atoms with van der Waals surface area (Å²) in [5.41, 5.74) is 5.48. The van der Waals surface area contributed by atoms with Crippen LogP contribution in [0.25, 0.3) is 0 Å². The maximum absolute atomic E-state index is 10.1. The highest BCUT2D eigenvalue weighted by molar-refractivity contribution is 5.80. The van der Waals surface area contributed by atoms with Crippen LogP contribution in [-0.4, -0.2) is 12.1 Å². The lowest BCUT2D eigenvalue weighted by Crippen LogP contribution is -2.24. The molecule has 0 aromatic heterocycles. The minimum Gasteiger partial charge on any atom is -0.386 e. The Labute approximate surface area is 73.0 Å². The number of rotatable bonds is 5. The Morgan fingerprint density at radius 3 is 2.58 bits per heavy atom. The van der Waals surface area contributed by atoms with Crippen LogP contribution in [0.2, 0.25) is 0 Å². The van der Waals surface area contributed by atoms with Crippen molar-refractivity contribution >= 4 is 12.1 Å². The molecule has 12 heavy (non-hydrogen) atoms. The Balaban J connectivity index is 3.94. The summed E-state index contributed by atoms with van der Waals surface area (Å²) in [5, 5.41) is 3.39. The molecule has 0 aliphatic carbocycles. The maximum Gasteiger partial charge on any atom is 0.120 e. The first kappa shape index (κ1) is 10.9. The first-order chi connectivity index (χ1) is 5.52. The average molecular weight is 171 g/mol. The van der Waals surface area contributed by atoms with E-state index in [4.69, 9.17) is 11.6 Å². The monoisotopic (exact) mass is 171 g/mol. The van der Waals surface area contributed by atoms with Gasteiger partial charge in [-0.1, -0.05) is 13.8 Å². The third-order valence-corrected chi connectivity index (χ3v) is 1.76. The Morgan fingerprint density at radius 1 is 1.58 bits per heavy atom. The molecule has 0 radical (unpaired) electrons. The average Bonchev–Trinajstić information content (AvgIpc) is 2.00. The van der Waals surface area contributed by atoms with Gasteiger partial charge < -0.3 is 16.4 Å². The van der Waals surface area contributed by atoms with Crippen molar-refractivity contribution in [1.29, 1.82) is 0 Å². The molecule has 4 heteroatoms. The van der Waals surface area contributed by atoms with Crippen LogP contribution in [0.5, 0.6) is 0 Å². The minimum absolute atomic E-state index is 0.00780. The molecule has 0 aliphatic heterocycles. The van der Waals surface area contributed by atoms with Crippen molar-refractivity contribution in [3.8, 4) is 0 Å². The van der Waals surface area contributed by atoms with E-state index < -0.39 is 0 Å². The molecule has 0 fully saturated rings. The molecule has 4 nitrogen and oxygen atoms in total. The highest BCUT2D eigenvalue weighted by atomic mass is 16.1. The van der Waals surface area contributed by atoms with Gasteiger partial charge in [0.15, 0.2) is 0 Å². The highest BCUT2D eigenvalue weighted by Gasteiger charge is 2.18. The van der Waals surface area contributed by atoms with Crippen LogP contribution in [0, 0.1) is 5.41 Å². The molecule has 0 amide bonds. The molecule has 0 saturated heterocycles. The Kier molecular flexibility index (Phi) is 4.33. The van der Waals surface area contributed by atoms with Gasteiger partial charge in [-0.15, -0.1) is 0 Å². The van der Waals surface area contributed by atoms with E-state index in [1.807, 2.05) is 13.8 Å². The second kappa shape index (κ2) is 4.74. The van der Waals surface area contributed by atoms with Gasteiger partial charge in [0.1, 0.15) is 12.1 Å². The number of nitrogens with zero attached hydrogens (tertiary/aromatic N) is 1. The molecule has 0 aliphatic rings. The van der Waals surface area contributed by atoms with Crippen molar-refractivity contribution in [1.82, 2.24) is 0 Å². The van der Waals surface area contributed by atoms with Crippen LogP contribution in [0.15, 0.2) is 5.10 Å². The lowest BCUT2D eigenvalue weighted by atomic mass is 9.84. The molecule has 70 valence electrons. The number of hydrogen-bond donors (Lipinski definition) is 2. The zero-order chi connectivity index (χ0) is 9.61. The van der Waals surface area contributed by atoms with Crippen LogP contribution in [0.4, 0.5) is 0 Å². The summed E-state index contributed by atoms with van der Waals surface area (Å²) in [6.07, 6.45) is 2.92. The van der Waals surface area contributed by atoms with E-state index in [1.54, 1.807) is 0 Å². The lowest BCUT2D eigenvalue weighted by Gasteiger charge is -2.22. The molecule has 0 aromatic rings. The van der Waals surface area contributed by atoms with Gasteiger partial charge in [0, 0.05) is 12.8 Å². The first-order valence-corrected chi connectivity index (χ1v) is 3.98. The van der Waals surface area contributed by atoms with Gasteiger partial charge in [0.2, 0.25) is 0 Å². The molecule has 0 aromatic carbocycles. The standard InChI is InChI=1S/C8H17N3O/c1-8(2,4-3-5-12)6-7(9)11-10/h5H,3-4,6,10H2,1-2H3,(H2,9,11). The fourth-order valence-corrected chi connectivity index (χ4v) is 1.07. The van der Waals surface area contributed by atoms with E-state index in [2.05, 4.69) is 5.10 Å². The zero-order valence-electron chi connectivity index (χ0n) is 7.71. The van der Waals surface area contributed by atoms with E-state index >= 15 is 0 Å². The van der Waals surface area contributed by atoms with Crippen LogP contribution in [0.1, 0.15) is 33.1 Å². The number of hydrazone groups is 1. The summed E-state index contributed by atoms with van der Waals surface area (Å²) in [5.74, 6) is 5.44. The van der Waals surface area contributed by atoms with Crippen molar-refractivity contribution in [3.05, 3.63) is 0 Å². The molecule has 0 spiro atoms. The predicted molar refractivity (Wildman–Crippen MR) is 49.5 cm³/mol. The largest absolute Gasteiger partial charge is 0.386 e. The van der Waals surface area contributed by atoms with Crippen LogP contribution < -0.4 is 11.6 Å². The number of amidine groups is 1. The smallest absolute Gasteiger partial charge is 0.120 e. The minimum atomic E-state index is 0.00780. The summed E-state index contributed by atoms with van der Waals surface area (Å²) in [7, 11) is 0. The van der Waals surface area contributed by atoms with Gasteiger partial charge in [0.05, 0.1) is 0 Å². The second-order valence-electron chi connectivity index (χ2n) is 3.67. The third kappa shape index (κ3) is 4.71. The summed E-state index contributed by atoms with van der Waals surface area (Å²) >= 11 is 0. The van der Waals surface area contributed by atoms with E-state index in [-0.39, 0.29) is 5.41 Å². The van der Waals surface area contributed by atoms with Crippen molar-refractivity contribution < 1.29 is 4.79 Å². The number of aldehydes is 1. The quantitative estimate of drug-likeness (QED) is 0.209. The summed E-state index contributed by atoms with van der Waals surface area (Å²) in [6, 6.07) is 0. The fraction of sp³-hybridized carbons (Fsp3) is 0.750. The Hall–Kier alpha value is -1.06. The Bertz CT molecular complexity index is 175. The first-order valence-electron chi connectivity index (χ1n) is 3.98. The molecular weight excluding hydrogens is 154 g/mol. The van der Waals surface area contributed by atoms with E-state index in [0.29, 0.717) is 18.7 Å². The van der Waals surface area contributed by atoms with Gasteiger partial charge in [-0.2, -0.15) is 5.10 Å². The summed E-state index contributed by atoms with van der Waals surface area (Å²) in [4.78, 5) is 10.1. The topological polar surface area (TPSA) is 81.5 Å². The molecular formula is C8H17N3O. The van der Waals surface area contributed by atoms with Crippen molar-refractivity contribution in [2.45, 2.75) is 33.1 Å². The second-order valence-corrected chi connectivity index (χ2v) is 3.67. The number of carbonyl (C=O) groups excluding carboxylic acids is 1. The van der Waals surface area contributed by atoms with Gasteiger partial charge in [0.25, 0.3) is 0 Å². The molecule has 4 N–H and O–H groups in total. The molecule has 0 heterocycles. The van der Waals surface area contributed by atoms with Crippen molar-refractivity contribution in [2.24, 2.45) is 22.1 Å². The van der Waals surface area contributed by atoms with Gasteiger partial charge in [-0.05, 0) is 11.8 Å². The Morgan fingerprint density at radius 2 is 2.17 bits per heavy atom. The highest BCUT2D eigenvalue weighted by Crippen LogP contribution is 2.25. The molecule has 0 saturated carbocycles. The van der Waals surface area contributed by atoms with E-state index in [1.165, 1.54) is 0 Å². The van der Waals surface area contributed by atoms with Gasteiger partial charge in [-0.3, -0.25) is 0 Å². The van der Waals surface area contributed by atoms with E-state index in [9.17, 15) is 4.79 Å². The van der Waals surface area contributed by atoms with Crippen LogP contribution in [0.3, 0.4) is 0 Å². The van der Waals surface area contributed by atoms with Crippen LogP contribution >= 0.6 is 0 Å². The number of carbonyl (C=O) groups is 1. The molecule has 0 rings (SSSR count).